The Bertz CT molecular complexity index is 1120. The number of aromatic nitrogens is 3. The predicted octanol–water partition coefficient (Wildman–Crippen LogP) is 4.44. The Labute approximate surface area is 196 Å². The monoisotopic (exact) mass is 470 g/mol. The van der Waals surface area contributed by atoms with Crippen molar-refractivity contribution in [1.29, 1.82) is 5.41 Å². The predicted molar refractivity (Wildman–Crippen MR) is 129 cm³/mol. The molecule has 3 aromatic rings. The van der Waals surface area contributed by atoms with Crippen LogP contribution in [0, 0.1) is 5.41 Å². The topological polar surface area (TPSA) is 127 Å². The molecule has 2 aromatic heterocycles. The molecule has 2 heterocycles. The van der Waals surface area contributed by atoms with Gasteiger partial charge in [-0.05, 0) is 50.6 Å². The van der Waals surface area contributed by atoms with Gasteiger partial charge in [0, 0.05) is 48.1 Å². The summed E-state index contributed by atoms with van der Waals surface area (Å²) in [6.07, 6.45) is 6.27. The number of H-pyrrole nitrogens is 1. The highest BCUT2D eigenvalue weighted by molar-refractivity contribution is 5.99. The molecule has 0 fully saturated rings. The van der Waals surface area contributed by atoms with Crippen LogP contribution in [0.4, 0.5) is 14.5 Å². The highest BCUT2D eigenvalue weighted by atomic mass is 19.3. The number of hydrogen-bond acceptors (Lipinski definition) is 6. The molecule has 180 valence electrons. The van der Waals surface area contributed by atoms with E-state index in [-0.39, 0.29) is 12.3 Å². The van der Waals surface area contributed by atoms with Crippen molar-refractivity contribution >= 4 is 23.5 Å². The number of nitrogens with zero attached hydrogens (tertiary/aromatic N) is 3. The number of carbonyl (C=O) groups is 1. The van der Waals surface area contributed by atoms with Crippen LogP contribution in [-0.2, 0) is 10.4 Å². The number of benzene rings is 1. The number of pyridine rings is 1. The zero-order chi connectivity index (χ0) is 25.4. The summed E-state index contributed by atoms with van der Waals surface area (Å²) in [6.45, 7) is 5.56. The van der Waals surface area contributed by atoms with Gasteiger partial charge < -0.3 is 15.8 Å². The lowest BCUT2D eigenvalue weighted by molar-refractivity contribution is -0.139. The van der Waals surface area contributed by atoms with Crippen LogP contribution in [-0.4, -0.2) is 50.6 Å². The second-order valence-electron chi connectivity index (χ2n) is 8.10. The molecule has 0 bridgehead atoms. The molecule has 1 amide bonds. The van der Waals surface area contributed by atoms with E-state index in [0.29, 0.717) is 23.9 Å². The van der Waals surface area contributed by atoms with Gasteiger partial charge in [0.1, 0.15) is 5.60 Å². The van der Waals surface area contributed by atoms with Crippen molar-refractivity contribution in [1.82, 2.24) is 15.2 Å². The van der Waals surface area contributed by atoms with Gasteiger partial charge in [-0.1, -0.05) is 12.1 Å². The van der Waals surface area contributed by atoms with E-state index >= 15 is 0 Å². The maximum absolute atomic E-state index is 12.8. The molecular weight excluding hydrogens is 442 g/mol. The number of rotatable bonds is 7. The van der Waals surface area contributed by atoms with Crippen molar-refractivity contribution < 1.29 is 18.7 Å². The van der Waals surface area contributed by atoms with Crippen LogP contribution in [0.2, 0.25) is 0 Å². The fourth-order valence-corrected chi connectivity index (χ4v) is 2.69. The lowest BCUT2D eigenvalue weighted by atomic mass is 10.0. The zero-order valence-electron chi connectivity index (χ0n) is 19.4. The second-order valence-corrected chi connectivity index (χ2v) is 8.10. The molecule has 8 nitrogen and oxygen atoms in total. The third-order valence-electron chi connectivity index (χ3n) is 4.53. The van der Waals surface area contributed by atoms with Crippen molar-refractivity contribution in [3.8, 4) is 11.1 Å². The molecule has 34 heavy (non-hydrogen) atoms. The zero-order valence-corrected chi connectivity index (χ0v) is 19.4. The second kappa shape index (κ2) is 11.4. The summed E-state index contributed by atoms with van der Waals surface area (Å²) in [6, 6.07) is 10.9. The summed E-state index contributed by atoms with van der Waals surface area (Å²) < 4.78 is 25.6. The maximum atomic E-state index is 12.8. The quantitative estimate of drug-likeness (QED) is 0.380. The van der Waals surface area contributed by atoms with Crippen molar-refractivity contribution in [2.75, 3.05) is 11.9 Å². The van der Waals surface area contributed by atoms with Crippen LogP contribution in [0.15, 0.2) is 60.0 Å². The summed E-state index contributed by atoms with van der Waals surface area (Å²) >= 11 is 0. The number of alkyl halides is 2. The van der Waals surface area contributed by atoms with Crippen molar-refractivity contribution in [2.24, 2.45) is 4.99 Å². The molecule has 0 saturated heterocycles. The van der Waals surface area contributed by atoms with Gasteiger partial charge in [0.15, 0.2) is 0 Å². The van der Waals surface area contributed by atoms with Gasteiger partial charge in [-0.25, -0.2) is 4.99 Å². The molecule has 0 aliphatic carbocycles. The van der Waals surface area contributed by atoms with Crippen LogP contribution in [0.1, 0.15) is 39.0 Å². The van der Waals surface area contributed by atoms with E-state index in [0.717, 1.165) is 11.1 Å². The number of aliphatic hydroxyl groups is 1. The van der Waals surface area contributed by atoms with Gasteiger partial charge in [-0.2, -0.15) is 13.9 Å². The maximum Gasteiger partial charge on any atom is 0.324 e. The molecule has 0 aliphatic rings. The standard InChI is InChI=1S/C16H17F2N5O.C8H11NO/c1-10(23-15(24)16(2,17)18)7-20-14-4-3-11(5-12(14)6-19)13-8-21-22-9-13;1-8(2,10)7-5-3-4-6-9-7/h3-6,8-9,19-20H,7H2,1-2H3,(H,21,22);3-6,10H,1-2H3. The Morgan fingerprint density at radius 3 is 2.47 bits per heavy atom. The van der Waals surface area contributed by atoms with Crippen LogP contribution in [0.3, 0.4) is 0 Å². The Hall–Kier alpha value is -3.79. The molecule has 0 aliphatic heterocycles. The number of halogens is 2. The number of nitrogens with one attached hydrogen (secondary N) is 3. The number of hydrogen-bond donors (Lipinski definition) is 4. The van der Waals surface area contributed by atoms with Gasteiger partial charge in [-0.15, -0.1) is 0 Å². The van der Waals surface area contributed by atoms with Crippen LogP contribution in [0.25, 0.3) is 11.1 Å². The number of aromatic amines is 1. The lowest BCUT2D eigenvalue weighted by Gasteiger charge is -2.15. The fraction of sp³-hybridized carbons (Fsp3) is 0.292. The number of aliphatic imine (C=N–C) groups is 1. The van der Waals surface area contributed by atoms with E-state index < -0.39 is 17.4 Å². The number of carbonyl (C=O) groups excluding carboxylic acids is 1. The first-order chi connectivity index (χ1) is 15.9. The van der Waals surface area contributed by atoms with Gasteiger partial charge >= 0.3 is 11.8 Å². The molecule has 0 unspecified atom stereocenters. The summed E-state index contributed by atoms with van der Waals surface area (Å²) in [4.78, 5) is 18.5. The molecule has 3 rings (SSSR count). The average Bonchev–Trinajstić information content (AvgIpc) is 3.32. The SMILES string of the molecule is CC(C)(O)c1ccccn1.CC(CNc1ccc(-c2cn[nH]c2)cc1C=N)=NC(=O)C(C)(F)F. The van der Waals surface area contributed by atoms with Crippen LogP contribution < -0.4 is 5.32 Å². The first kappa shape index (κ1) is 26.5. The average molecular weight is 471 g/mol. The van der Waals surface area contributed by atoms with Gasteiger partial charge in [0.2, 0.25) is 0 Å². The normalized spacial score (nSPS) is 11.9. The molecule has 1 aromatic carbocycles. The number of anilines is 1. The summed E-state index contributed by atoms with van der Waals surface area (Å²) in [5, 5.41) is 26.5. The van der Waals surface area contributed by atoms with Gasteiger partial charge in [0.25, 0.3) is 0 Å². The Kier molecular flexibility index (Phi) is 8.85. The van der Waals surface area contributed by atoms with E-state index in [1.165, 1.54) is 13.1 Å². The van der Waals surface area contributed by atoms with E-state index in [2.05, 4.69) is 25.5 Å². The molecule has 0 saturated carbocycles. The lowest BCUT2D eigenvalue weighted by Crippen LogP contribution is -2.24. The summed E-state index contributed by atoms with van der Waals surface area (Å²) in [5.41, 5.74) is 3.15. The van der Waals surface area contributed by atoms with Gasteiger partial charge in [0.05, 0.1) is 18.4 Å². The first-order valence-electron chi connectivity index (χ1n) is 10.4. The third kappa shape index (κ3) is 7.96. The highest BCUT2D eigenvalue weighted by Crippen LogP contribution is 2.23. The van der Waals surface area contributed by atoms with Crippen molar-refractivity contribution in [3.05, 3.63) is 66.2 Å². The van der Waals surface area contributed by atoms with E-state index in [1.807, 2.05) is 18.2 Å². The first-order valence-corrected chi connectivity index (χ1v) is 10.4. The Morgan fingerprint density at radius 1 is 1.24 bits per heavy atom. The molecule has 4 N–H and O–H groups in total. The Morgan fingerprint density at radius 2 is 1.97 bits per heavy atom. The van der Waals surface area contributed by atoms with Crippen molar-refractivity contribution in [3.63, 3.8) is 0 Å². The molecular formula is C24H28F2N6O2. The van der Waals surface area contributed by atoms with E-state index in [9.17, 15) is 18.7 Å². The highest BCUT2D eigenvalue weighted by Gasteiger charge is 2.31. The minimum Gasteiger partial charge on any atom is -0.384 e. The third-order valence-corrected chi connectivity index (χ3v) is 4.53. The summed E-state index contributed by atoms with van der Waals surface area (Å²) in [7, 11) is 0. The van der Waals surface area contributed by atoms with Crippen LogP contribution in [0.5, 0.6) is 0 Å². The van der Waals surface area contributed by atoms with E-state index in [1.54, 1.807) is 50.6 Å². The van der Waals surface area contributed by atoms with Gasteiger partial charge in [-0.3, -0.25) is 14.9 Å². The Balaban J connectivity index is 0.000000340. The smallest absolute Gasteiger partial charge is 0.324 e. The molecule has 0 radical (unpaired) electrons. The molecule has 0 atom stereocenters. The summed E-state index contributed by atoms with van der Waals surface area (Å²) in [5.74, 6) is -4.95. The van der Waals surface area contributed by atoms with Crippen molar-refractivity contribution in [2.45, 2.75) is 39.2 Å². The molecule has 10 heteroatoms. The van der Waals surface area contributed by atoms with Crippen LogP contribution >= 0.6 is 0 Å². The fourth-order valence-electron chi connectivity index (χ4n) is 2.69. The minimum absolute atomic E-state index is 0.119. The minimum atomic E-state index is -3.48. The molecule has 0 spiro atoms. The van der Waals surface area contributed by atoms with E-state index in [4.69, 9.17) is 5.41 Å². The largest absolute Gasteiger partial charge is 0.384 e. The number of amides is 1.